The van der Waals surface area contributed by atoms with E-state index in [-0.39, 0.29) is 11.6 Å². The lowest BCUT2D eigenvalue weighted by Crippen LogP contribution is -2.54. The number of thioether (sulfide) groups is 1. The number of carbonyl (C=O) groups excluding carboxylic acids is 1. The van der Waals surface area contributed by atoms with Crippen molar-refractivity contribution in [1.82, 2.24) is 9.47 Å². The molecule has 1 N–H and O–H groups in total. The average molecular weight is 555 g/mol. The first-order valence-electron chi connectivity index (χ1n) is 11.0. The summed E-state index contributed by atoms with van der Waals surface area (Å²) < 4.78 is 42.8. The molecule has 0 spiro atoms. The Morgan fingerprint density at radius 3 is 2.53 bits per heavy atom. The second kappa shape index (κ2) is 9.04. The Kier molecular flexibility index (Phi) is 6.29. The Hall–Kier alpha value is -2.62. The molecule has 0 aliphatic carbocycles. The van der Waals surface area contributed by atoms with E-state index in [1.54, 1.807) is 17.8 Å². The van der Waals surface area contributed by atoms with Gasteiger partial charge in [0.25, 0.3) is 5.91 Å². The summed E-state index contributed by atoms with van der Waals surface area (Å²) in [5, 5.41) is 10.7. The normalized spacial score (nSPS) is 20.3. The van der Waals surface area contributed by atoms with Crippen molar-refractivity contribution in [2.24, 2.45) is 0 Å². The minimum atomic E-state index is -4.72. The Morgan fingerprint density at radius 2 is 1.81 bits per heavy atom. The van der Waals surface area contributed by atoms with Crippen LogP contribution in [0, 0.1) is 0 Å². The average Bonchev–Trinajstić information content (AvgIpc) is 3.00. The van der Waals surface area contributed by atoms with Gasteiger partial charge < -0.3 is 14.6 Å². The first-order valence-corrected chi connectivity index (χ1v) is 12.7. The highest BCUT2D eigenvalue weighted by atomic mass is 35.5. The zero-order chi connectivity index (χ0) is 25.9. The summed E-state index contributed by atoms with van der Waals surface area (Å²) in [6, 6.07) is 9.92. The molecule has 36 heavy (non-hydrogen) atoms. The zero-order valence-electron chi connectivity index (χ0n) is 18.7. The third-order valence-electron chi connectivity index (χ3n) is 6.79. The smallest absolute Gasteiger partial charge is 0.408 e. The lowest BCUT2D eigenvalue weighted by atomic mass is 9.81. The molecule has 2 aromatic carbocycles. The third-order valence-corrected chi connectivity index (χ3v) is 8.53. The molecule has 2 aliphatic heterocycles. The van der Waals surface area contributed by atoms with Gasteiger partial charge in [0, 0.05) is 34.3 Å². The summed E-state index contributed by atoms with van der Waals surface area (Å²) in [5.41, 5.74) is 0.884. The van der Waals surface area contributed by atoms with Gasteiger partial charge in [0.1, 0.15) is 11.1 Å². The summed E-state index contributed by atoms with van der Waals surface area (Å²) in [6.45, 7) is 0.535. The molecule has 0 saturated heterocycles. The van der Waals surface area contributed by atoms with E-state index in [2.05, 4.69) is 0 Å². The Balaban J connectivity index is 1.82. The molecular weight excluding hydrogens is 536 g/mol. The number of rotatable bonds is 2. The van der Waals surface area contributed by atoms with E-state index in [4.69, 9.17) is 23.2 Å². The van der Waals surface area contributed by atoms with Crippen molar-refractivity contribution in [2.75, 3.05) is 6.54 Å². The number of aromatic nitrogens is 1. The summed E-state index contributed by atoms with van der Waals surface area (Å²) >= 11 is 14.4. The van der Waals surface area contributed by atoms with Gasteiger partial charge in [-0.05, 0) is 35.7 Å². The molecule has 188 valence electrons. The Bertz CT molecular complexity index is 1440. The van der Waals surface area contributed by atoms with Crippen LogP contribution in [0.15, 0.2) is 58.4 Å². The van der Waals surface area contributed by atoms with Crippen LogP contribution in [-0.4, -0.2) is 39.2 Å². The molecule has 0 saturated carbocycles. The number of pyridine rings is 1. The number of aromatic hydroxyl groups is 1. The predicted octanol–water partition coefficient (Wildman–Crippen LogP) is 6.25. The second-order valence-corrected chi connectivity index (χ2v) is 10.6. The number of fused-ring (bicyclic) bond motifs is 3. The van der Waals surface area contributed by atoms with Gasteiger partial charge in [-0.15, -0.1) is 11.8 Å². The number of hydrogen-bond donors (Lipinski definition) is 1. The molecule has 5 rings (SSSR count). The van der Waals surface area contributed by atoms with Crippen LogP contribution in [-0.2, 0) is 5.75 Å². The molecule has 3 atom stereocenters. The number of nitrogens with zero attached hydrogens (tertiary/aromatic N) is 2. The minimum absolute atomic E-state index is 0.345. The highest BCUT2D eigenvalue weighted by molar-refractivity contribution is 7.98. The van der Waals surface area contributed by atoms with Crippen molar-refractivity contribution in [1.29, 1.82) is 0 Å². The number of alkyl halides is 3. The fourth-order valence-electron chi connectivity index (χ4n) is 4.98. The quantitative estimate of drug-likeness (QED) is 0.407. The zero-order valence-corrected chi connectivity index (χ0v) is 21.0. The number of amides is 1. The lowest BCUT2D eigenvalue weighted by Gasteiger charge is -2.43. The molecule has 1 amide bonds. The maximum atomic E-state index is 13.8. The van der Waals surface area contributed by atoms with Crippen molar-refractivity contribution in [2.45, 2.75) is 41.7 Å². The van der Waals surface area contributed by atoms with Gasteiger partial charge in [-0.25, -0.2) is 0 Å². The van der Waals surface area contributed by atoms with Crippen LogP contribution in [0.5, 0.6) is 5.75 Å². The van der Waals surface area contributed by atoms with Crippen molar-refractivity contribution in [3.63, 3.8) is 0 Å². The molecule has 0 bridgehead atoms. The fraction of sp³-hybridized carbons (Fsp3) is 0.280. The van der Waals surface area contributed by atoms with Crippen LogP contribution in [0.2, 0.25) is 10.0 Å². The molecule has 2 aliphatic rings. The third kappa shape index (κ3) is 3.97. The predicted molar refractivity (Wildman–Crippen MR) is 132 cm³/mol. The molecule has 11 heteroatoms. The summed E-state index contributed by atoms with van der Waals surface area (Å²) in [6.07, 6.45) is -3.51. The monoisotopic (exact) mass is 554 g/mol. The van der Waals surface area contributed by atoms with Gasteiger partial charge in [0.2, 0.25) is 5.43 Å². The first-order chi connectivity index (χ1) is 17.0. The molecule has 0 radical (unpaired) electrons. The van der Waals surface area contributed by atoms with E-state index in [0.29, 0.717) is 15.7 Å². The second-order valence-electron chi connectivity index (χ2n) is 8.77. The van der Waals surface area contributed by atoms with E-state index in [9.17, 15) is 27.9 Å². The van der Waals surface area contributed by atoms with Gasteiger partial charge in [-0.1, -0.05) is 53.5 Å². The van der Waals surface area contributed by atoms with E-state index in [1.807, 2.05) is 36.4 Å². The molecule has 1 aromatic heterocycles. The lowest BCUT2D eigenvalue weighted by molar-refractivity contribution is -0.174. The highest BCUT2D eigenvalue weighted by Crippen LogP contribution is 2.50. The van der Waals surface area contributed by atoms with Crippen LogP contribution in [0.1, 0.15) is 46.1 Å². The van der Waals surface area contributed by atoms with Gasteiger partial charge in [-0.3, -0.25) is 9.59 Å². The van der Waals surface area contributed by atoms with Crippen molar-refractivity contribution in [3.05, 3.63) is 91.3 Å². The van der Waals surface area contributed by atoms with Gasteiger partial charge >= 0.3 is 6.18 Å². The van der Waals surface area contributed by atoms with Crippen molar-refractivity contribution < 1.29 is 23.1 Å². The van der Waals surface area contributed by atoms with Crippen molar-refractivity contribution >= 4 is 40.9 Å². The minimum Gasteiger partial charge on any atom is -0.503 e. The van der Waals surface area contributed by atoms with Crippen LogP contribution in [0.3, 0.4) is 0 Å². The van der Waals surface area contributed by atoms with E-state index in [1.165, 1.54) is 10.8 Å². The van der Waals surface area contributed by atoms with Crippen molar-refractivity contribution in [3.8, 4) is 5.75 Å². The number of hydrogen-bond acceptors (Lipinski definition) is 4. The first kappa shape index (κ1) is 25.0. The maximum Gasteiger partial charge on any atom is 0.408 e. The molecular formula is C25H19Cl2F3N2O3S. The molecule has 5 nitrogen and oxygen atoms in total. The van der Waals surface area contributed by atoms with Crippen LogP contribution in [0.4, 0.5) is 13.2 Å². The van der Waals surface area contributed by atoms with E-state index < -0.39 is 47.0 Å². The Labute approximate surface area is 218 Å². The van der Waals surface area contributed by atoms with E-state index in [0.717, 1.165) is 28.5 Å². The maximum absolute atomic E-state index is 13.8. The molecule has 1 unspecified atom stereocenters. The topological polar surface area (TPSA) is 62.5 Å². The van der Waals surface area contributed by atoms with Crippen LogP contribution in [0.25, 0.3) is 0 Å². The van der Waals surface area contributed by atoms with Gasteiger partial charge in [-0.2, -0.15) is 13.2 Å². The van der Waals surface area contributed by atoms with Gasteiger partial charge in [0.15, 0.2) is 11.4 Å². The molecule has 3 aromatic rings. The number of benzene rings is 2. The molecule has 3 heterocycles. The van der Waals surface area contributed by atoms with Crippen LogP contribution < -0.4 is 5.43 Å². The SMILES string of the molecule is C[C@@H](N1CC([C@@H]2c3ccccc3SCc3cccc(Cl)c32)n2cc(Cl)c(=O)c(O)c2C1=O)C(F)(F)F. The summed E-state index contributed by atoms with van der Waals surface area (Å²) in [7, 11) is 0. The number of halogens is 5. The largest absolute Gasteiger partial charge is 0.503 e. The fourth-order valence-corrected chi connectivity index (χ4v) is 6.59. The standard InChI is InChI=1S/C25H19Cl2F3N2O3S/c1-12(25(28,29)30)31-10-17(32-9-16(27)22(33)23(34)21(32)24(31)35)20-14-6-2-3-8-18(14)36-11-13-5-4-7-15(26)19(13)20/h2-9,12,17,20,34H,10-11H2,1H3/t12-,17?,20+/m1/s1. The highest BCUT2D eigenvalue weighted by Gasteiger charge is 2.48. The summed E-state index contributed by atoms with van der Waals surface area (Å²) in [5.74, 6) is -2.10. The number of carbonyl (C=O) groups is 1. The summed E-state index contributed by atoms with van der Waals surface area (Å²) in [4.78, 5) is 27.3. The van der Waals surface area contributed by atoms with Gasteiger partial charge in [0.05, 0.1) is 6.04 Å². The van der Waals surface area contributed by atoms with E-state index >= 15 is 0 Å². The molecule has 0 fully saturated rings. The Morgan fingerprint density at radius 1 is 1.08 bits per heavy atom. The van der Waals surface area contributed by atoms with Crippen LogP contribution >= 0.6 is 35.0 Å².